The average molecular weight is 250 g/mol. The molecule has 1 aliphatic rings. The van der Waals surface area contributed by atoms with E-state index in [2.05, 4.69) is 15.0 Å². The summed E-state index contributed by atoms with van der Waals surface area (Å²) in [6.45, 7) is 3.56. The summed E-state index contributed by atoms with van der Waals surface area (Å²) < 4.78 is 40.4. The predicted octanol–water partition coefficient (Wildman–Crippen LogP) is 2.29. The average Bonchev–Trinajstić information content (AvgIpc) is 2.26. The molecule has 1 aliphatic heterocycles. The Bertz CT molecular complexity index is 300. The van der Waals surface area contributed by atoms with Crippen molar-refractivity contribution in [2.45, 2.75) is 38.7 Å². The van der Waals surface area contributed by atoms with E-state index in [4.69, 9.17) is 0 Å². The minimum atomic E-state index is -4.30. The largest absolute Gasteiger partial charge is 0.411 e. The molecule has 0 aliphatic carbocycles. The highest BCUT2D eigenvalue weighted by Gasteiger charge is 2.29. The van der Waals surface area contributed by atoms with Gasteiger partial charge in [0, 0.05) is 18.7 Å². The third kappa shape index (κ3) is 5.32. The summed E-state index contributed by atoms with van der Waals surface area (Å²) in [5.41, 5.74) is 0.985. The van der Waals surface area contributed by atoms with Crippen LogP contribution in [0.1, 0.15) is 20.3 Å². The van der Waals surface area contributed by atoms with Gasteiger partial charge >= 0.3 is 6.18 Å². The predicted molar refractivity (Wildman–Crippen MR) is 60.1 cm³/mol. The Balaban J connectivity index is 2.37. The Labute approximate surface area is 98.7 Å². The molecule has 1 rings (SSSR count). The van der Waals surface area contributed by atoms with Crippen LogP contribution in [-0.4, -0.2) is 37.8 Å². The zero-order valence-corrected chi connectivity index (χ0v) is 9.92. The van der Waals surface area contributed by atoms with Gasteiger partial charge in [-0.2, -0.15) is 13.2 Å². The lowest BCUT2D eigenvalue weighted by atomic mass is 10.1. The van der Waals surface area contributed by atoms with E-state index in [1.54, 1.807) is 6.21 Å². The zero-order valence-electron chi connectivity index (χ0n) is 9.92. The third-order valence-corrected chi connectivity index (χ3v) is 2.39. The standard InChI is InChI=1S/C11H17F3N2O/c1-3-15-8(2)9-4-5-10(16-6-9)17-7-11(12,13)14/h4,6,8,10,15H,3,5,7H2,1-2H3. The molecule has 3 nitrogen and oxygen atoms in total. The molecule has 0 aromatic rings. The van der Waals surface area contributed by atoms with E-state index in [0.29, 0.717) is 6.42 Å². The number of nitrogens with zero attached hydrogens (tertiary/aromatic N) is 1. The van der Waals surface area contributed by atoms with Crippen LogP contribution in [0.3, 0.4) is 0 Å². The zero-order chi connectivity index (χ0) is 12.9. The van der Waals surface area contributed by atoms with Crippen molar-refractivity contribution >= 4 is 6.21 Å². The van der Waals surface area contributed by atoms with E-state index >= 15 is 0 Å². The SMILES string of the molecule is CCNC(C)C1=CCC(OCC(F)(F)F)N=C1. The van der Waals surface area contributed by atoms with E-state index in [-0.39, 0.29) is 6.04 Å². The van der Waals surface area contributed by atoms with Crippen molar-refractivity contribution in [3.8, 4) is 0 Å². The fraction of sp³-hybridized carbons (Fsp3) is 0.727. The molecule has 1 N–H and O–H groups in total. The molecule has 0 aromatic heterocycles. The Morgan fingerprint density at radius 1 is 1.59 bits per heavy atom. The molecule has 1 heterocycles. The maximum atomic E-state index is 11.9. The first-order chi connectivity index (χ1) is 7.92. The van der Waals surface area contributed by atoms with Gasteiger partial charge in [-0.25, -0.2) is 0 Å². The number of halogens is 3. The Hall–Kier alpha value is -0.880. The van der Waals surface area contributed by atoms with Gasteiger partial charge in [0.25, 0.3) is 0 Å². The fourth-order valence-corrected chi connectivity index (χ4v) is 1.53. The van der Waals surface area contributed by atoms with E-state index in [9.17, 15) is 13.2 Å². The molecule has 0 amide bonds. The van der Waals surface area contributed by atoms with Gasteiger partial charge in [0.15, 0.2) is 6.23 Å². The van der Waals surface area contributed by atoms with E-state index in [0.717, 1.165) is 12.1 Å². The minimum absolute atomic E-state index is 0.160. The number of hydrogen-bond acceptors (Lipinski definition) is 3. The maximum absolute atomic E-state index is 11.9. The smallest absolute Gasteiger partial charge is 0.347 e. The van der Waals surface area contributed by atoms with Crippen LogP contribution in [-0.2, 0) is 4.74 Å². The molecule has 17 heavy (non-hydrogen) atoms. The number of likely N-dealkylation sites (N-methyl/N-ethyl adjacent to an activating group) is 1. The van der Waals surface area contributed by atoms with Gasteiger partial charge in [-0.05, 0) is 19.0 Å². The summed E-state index contributed by atoms with van der Waals surface area (Å²) in [5, 5.41) is 3.21. The Kier molecular flexibility index (Phi) is 5.14. The quantitative estimate of drug-likeness (QED) is 0.812. The summed E-state index contributed by atoms with van der Waals surface area (Å²) >= 11 is 0. The van der Waals surface area contributed by atoms with Crippen LogP contribution in [0.5, 0.6) is 0 Å². The second-order valence-corrected chi connectivity index (χ2v) is 3.88. The van der Waals surface area contributed by atoms with Crippen molar-refractivity contribution in [2.24, 2.45) is 4.99 Å². The molecule has 6 heteroatoms. The van der Waals surface area contributed by atoms with E-state index in [1.165, 1.54) is 0 Å². The highest BCUT2D eigenvalue weighted by atomic mass is 19.4. The number of nitrogens with one attached hydrogen (secondary N) is 1. The third-order valence-electron chi connectivity index (χ3n) is 2.39. The molecule has 0 fully saturated rings. The van der Waals surface area contributed by atoms with Gasteiger partial charge in [-0.1, -0.05) is 13.0 Å². The maximum Gasteiger partial charge on any atom is 0.411 e. The number of alkyl halides is 3. The monoisotopic (exact) mass is 250 g/mol. The lowest BCUT2D eigenvalue weighted by Crippen LogP contribution is -2.30. The van der Waals surface area contributed by atoms with Crippen LogP contribution in [0.4, 0.5) is 13.2 Å². The molecule has 0 saturated carbocycles. The highest BCUT2D eigenvalue weighted by Crippen LogP contribution is 2.18. The number of dihydropyridines is 1. The van der Waals surface area contributed by atoms with Gasteiger partial charge in [0.1, 0.15) is 6.61 Å². The van der Waals surface area contributed by atoms with Gasteiger partial charge < -0.3 is 10.1 Å². The topological polar surface area (TPSA) is 33.6 Å². The highest BCUT2D eigenvalue weighted by molar-refractivity contribution is 5.81. The molecular weight excluding hydrogens is 233 g/mol. The first kappa shape index (κ1) is 14.2. The Morgan fingerprint density at radius 3 is 2.76 bits per heavy atom. The molecule has 0 saturated heterocycles. The fourth-order valence-electron chi connectivity index (χ4n) is 1.53. The van der Waals surface area contributed by atoms with Crippen LogP contribution in [0.2, 0.25) is 0 Å². The van der Waals surface area contributed by atoms with Gasteiger partial charge in [-0.15, -0.1) is 0 Å². The van der Waals surface area contributed by atoms with Crippen LogP contribution >= 0.6 is 0 Å². The lowest BCUT2D eigenvalue weighted by molar-refractivity contribution is -0.184. The van der Waals surface area contributed by atoms with Crippen LogP contribution < -0.4 is 5.32 Å². The molecule has 0 spiro atoms. The molecule has 2 unspecified atom stereocenters. The second kappa shape index (κ2) is 6.16. The molecule has 98 valence electrons. The second-order valence-electron chi connectivity index (χ2n) is 3.88. The Morgan fingerprint density at radius 2 is 2.29 bits per heavy atom. The van der Waals surface area contributed by atoms with Gasteiger partial charge in [-0.3, -0.25) is 4.99 Å². The summed E-state index contributed by atoms with van der Waals surface area (Å²) in [6.07, 6.45) is -1.18. The van der Waals surface area contributed by atoms with Crippen molar-refractivity contribution in [3.05, 3.63) is 11.6 Å². The molecule has 2 atom stereocenters. The number of rotatable bonds is 5. The summed E-state index contributed by atoms with van der Waals surface area (Å²) in [6, 6.07) is 0.160. The molecule has 0 radical (unpaired) electrons. The minimum Gasteiger partial charge on any atom is -0.347 e. The van der Waals surface area contributed by atoms with Gasteiger partial charge in [0.05, 0.1) is 0 Å². The first-order valence-electron chi connectivity index (χ1n) is 5.57. The van der Waals surface area contributed by atoms with Crippen molar-refractivity contribution in [2.75, 3.05) is 13.2 Å². The molecule has 0 bridgehead atoms. The first-order valence-corrected chi connectivity index (χ1v) is 5.57. The molecular formula is C11H17F3N2O. The van der Waals surface area contributed by atoms with E-state index in [1.807, 2.05) is 19.9 Å². The number of aliphatic imine (C=N–C) groups is 1. The van der Waals surface area contributed by atoms with Gasteiger partial charge in [0.2, 0.25) is 0 Å². The van der Waals surface area contributed by atoms with Crippen LogP contribution in [0.15, 0.2) is 16.6 Å². The lowest BCUT2D eigenvalue weighted by Gasteiger charge is -2.20. The number of ether oxygens (including phenoxy) is 1. The molecule has 0 aromatic carbocycles. The summed E-state index contributed by atoms with van der Waals surface area (Å²) in [7, 11) is 0. The summed E-state index contributed by atoms with van der Waals surface area (Å²) in [5.74, 6) is 0. The summed E-state index contributed by atoms with van der Waals surface area (Å²) in [4.78, 5) is 3.96. The van der Waals surface area contributed by atoms with Crippen LogP contribution in [0.25, 0.3) is 0 Å². The van der Waals surface area contributed by atoms with E-state index < -0.39 is 19.0 Å². The van der Waals surface area contributed by atoms with Crippen molar-refractivity contribution in [1.82, 2.24) is 5.32 Å². The van der Waals surface area contributed by atoms with Crippen molar-refractivity contribution < 1.29 is 17.9 Å². The van der Waals surface area contributed by atoms with Crippen molar-refractivity contribution in [3.63, 3.8) is 0 Å². The normalized spacial score (nSPS) is 22.4. The van der Waals surface area contributed by atoms with Crippen LogP contribution in [0, 0.1) is 0 Å². The number of hydrogen-bond donors (Lipinski definition) is 1. The van der Waals surface area contributed by atoms with Crippen molar-refractivity contribution in [1.29, 1.82) is 0 Å².